The van der Waals surface area contributed by atoms with Gasteiger partial charge in [-0.05, 0) is 44.6 Å². The fourth-order valence-electron chi connectivity index (χ4n) is 2.36. The van der Waals surface area contributed by atoms with Crippen molar-refractivity contribution >= 4 is 27.6 Å². The van der Waals surface area contributed by atoms with E-state index < -0.39 is 16.0 Å². The lowest BCUT2D eigenvalue weighted by Crippen LogP contribution is -2.38. The number of benzene rings is 1. The van der Waals surface area contributed by atoms with Gasteiger partial charge in [0.1, 0.15) is 0 Å². The maximum absolute atomic E-state index is 12.2. The lowest BCUT2D eigenvalue weighted by Gasteiger charge is -2.19. The van der Waals surface area contributed by atoms with E-state index >= 15 is 0 Å². The summed E-state index contributed by atoms with van der Waals surface area (Å²) in [6.45, 7) is 1.29. The van der Waals surface area contributed by atoms with E-state index in [-0.39, 0.29) is 21.5 Å². The molecule has 1 aliphatic rings. The van der Waals surface area contributed by atoms with Crippen LogP contribution in [0.15, 0.2) is 23.1 Å². The predicted molar refractivity (Wildman–Crippen MR) is 79.3 cm³/mol. The Kier molecular flexibility index (Phi) is 4.88. The van der Waals surface area contributed by atoms with E-state index in [1.54, 1.807) is 0 Å². The first kappa shape index (κ1) is 16.2. The molecule has 1 aliphatic heterocycles. The molecule has 1 fully saturated rings. The molecule has 1 unspecified atom stereocenters. The summed E-state index contributed by atoms with van der Waals surface area (Å²) in [5.74, 6) is -1.19. The highest BCUT2D eigenvalue weighted by molar-refractivity contribution is 7.89. The van der Waals surface area contributed by atoms with Crippen LogP contribution in [0.25, 0.3) is 0 Å². The van der Waals surface area contributed by atoms with Crippen molar-refractivity contribution in [3.8, 4) is 0 Å². The molecule has 0 bridgehead atoms. The maximum Gasteiger partial charge on any atom is 0.337 e. The number of nitrogens with one attached hydrogen (secondary N) is 1. The number of carboxylic acids is 1. The van der Waals surface area contributed by atoms with Gasteiger partial charge < -0.3 is 10.0 Å². The molecule has 2 rings (SSSR count). The number of hydrogen-bond donors (Lipinski definition) is 2. The predicted octanol–water partition coefficient (Wildman–Crippen LogP) is 1.41. The third-order valence-corrected chi connectivity index (χ3v) is 5.40. The van der Waals surface area contributed by atoms with E-state index in [0.717, 1.165) is 25.5 Å². The summed E-state index contributed by atoms with van der Waals surface area (Å²) in [4.78, 5) is 12.9. The third kappa shape index (κ3) is 3.74. The second-order valence-corrected chi connectivity index (χ2v) is 7.25. The SMILES string of the molecule is CN1CCCC1CNS(=O)(=O)c1ccc(C(=O)O)c(Cl)c1. The van der Waals surface area contributed by atoms with Crippen molar-refractivity contribution in [2.75, 3.05) is 20.1 Å². The second-order valence-electron chi connectivity index (χ2n) is 5.08. The molecule has 1 aromatic carbocycles. The number of rotatable bonds is 5. The van der Waals surface area contributed by atoms with Crippen molar-refractivity contribution in [2.24, 2.45) is 0 Å². The fraction of sp³-hybridized carbons (Fsp3) is 0.462. The Morgan fingerprint density at radius 2 is 2.24 bits per heavy atom. The summed E-state index contributed by atoms with van der Waals surface area (Å²) in [6, 6.07) is 3.79. The van der Waals surface area contributed by atoms with Gasteiger partial charge in [0.25, 0.3) is 0 Å². The molecule has 0 radical (unpaired) electrons. The molecule has 1 heterocycles. The molecule has 21 heavy (non-hydrogen) atoms. The molecule has 1 saturated heterocycles. The zero-order chi connectivity index (χ0) is 15.6. The van der Waals surface area contributed by atoms with E-state index in [1.165, 1.54) is 12.1 Å². The Balaban J connectivity index is 2.12. The van der Waals surface area contributed by atoms with Gasteiger partial charge in [0, 0.05) is 12.6 Å². The van der Waals surface area contributed by atoms with Gasteiger partial charge in [-0.3, -0.25) is 0 Å². The Bertz CT molecular complexity index is 648. The molecule has 0 aromatic heterocycles. The molecule has 2 N–H and O–H groups in total. The van der Waals surface area contributed by atoms with Gasteiger partial charge in [0.05, 0.1) is 15.5 Å². The lowest BCUT2D eigenvalue weighted by atomic mass is 10.2. The minimum atomic E-state index is -3.69. The Morgan fingerprint density at radius 3 is 2.76 bits per heavy atom. The van der Waals surface area contributed by atoms with Crippen LogP contribution < -0.4 is 4.72 Å². The molecular weight excluding hydrogens is 316 g/mol. The van der Waals surface area contributed by atoms with Crippen LogP contribution in [0.3, 0.4) is 0 Å². The first-order valence-corrected chi connectivity index (χ1v) is 8.40. The third-order valence-electron chi connectivity index (χ3n) is 3.66. The number of sulfonamides is 1. The van der Waals surface area contributed by atoms with Gasteiger partial charge in [0.15, 0.2) is 0 Å². The number of halogens is 1. The van der Waals surface area contributed by atoms with Gasteiger partial charge in [0.2, 0.25) is 10.0 Å². The lowest BCUT2D eigenvalue weighted by molar-refractivity contribution is 0.0697. The highest BCUT2D eigenvalue weighted by atomic mass is 35.5. The molecular formula is C13H17ClN2O4S. The number of carboxylic acid groups (broad SMARTS) is 1. The van der Waals surface area contributed by atoms with Crippen LogP contribution in [0.1, 0.15) is 23.2 Å². The largest absolute Gasteiger partial charge is 0.478 e. The van der Waals surface area contributed by atoms with E-state index in [2.05, 4.69) is 9.62 Å². The smallest absolute Gasteiger partial charge is 0.337 e. The molecule has 0 aliphatic carbocycles. The summed E-state index contributed by atoms with van der Waals surface area (Å²) in [5.41, 5.74) is -0.119. The number of likely N-dealkylation sites (tertiary alicyclic amines) is 1. The standard InChI is InChI=1S/C13H17ClN2O4S/c1-16-6-2-3-9(16)8-15-21(19,20)10-4-5-11(13(17)18)12(14)7-10/h4-5,7,9,15H,2-3,6,8H2,1H3,(H,17,18). The first-order valence-electron chi connectivity index (χ1n) is 6.54. The molecule has 0 spiro atoms. The van der Waals surface area contributed by atoms with Crippen LogP contribution in [-0.4, -0.2) is 50.6 Å². The zero-order valence-corrected chi connectivity index (χ0v) is 13.1. The van der Waals surface area contributed by atoms with Gasteiger partial charge in [-0.1, -0.05) is 11.6 Å². The summed E-state index contributed by atoms with van der Waals surface area (Å²) < 4.78 is 26.9. The quantitative estimate of drug-likeness (QED) is 0.851. The van der Waals surface area contributed by atoms with E-state index in [1.807, 2.05) is 7.05 Å². The molecule has 0 amide bonds. The van der Waals surface area contributed by atoms with Crippen molar-refractivity contribution in [1.29, 1.82) is 0 Å². The highest BCUT2D eigenvalue weighted by Gasteiger charge is 2.24. The molecule has 8 heteroatoms. The van der Waals surface area contributed by atoms with Crippen molar-refractivity contribution < 1.29 is 18.3 Å². The van der Waals surface area contributed by atoms with Crippen LogP contribution in [0.4, 0.5) is 0 Å². The summed E-state index contributed by atoms with van der Waals surface area (Å²) in [6.07, 6.45) is 2.01. The van der Waals surface area contributed by atoms with Crippen LogP contribution >= 0.6 is 11.6 Å². The minimum Gasteiger partial charge on any atom is -0.478 e. The van der Waals surface area contributed by atoms with Crippen molar-refractivity contribution in [3.05, 3.63) is 28.8 Å². The van der Waals surface area contributed by atoms with E-state index in [0.29, 0.717) is 6.54 Å². The normalized spacial score (nSPS) is 19.8. The maximum atomic E-state index is 12.2. The number of likely N-dealkylation sites (N-methyl/N-ethyl adjacent to an activating group) is 1. The minimum absolute atomic E-state index is 0.0295. The van der Waals surface area contributed by atoms with Crippen molar-refractivity contribution in [2.45, 2.75) is 23.8 Å². The molecule has 1 atom stereocenters. The van der Waals surface area contributed by atoms with Crippen LogP contribution in [0, 0.1) is 0 Å². The molecule has 1 aromatic rings. The monoisotopic (exact) mass is 332 g/mol. The molecule has 0 saturated carbocycles. The fourth-order valence-corrected chi connectivity index (χ4v) is 3.79. The summed E-state index contributed by atoms with van der Waals surface area (Å²) >= 11 is 5.80. The van der Waals surface area contributed by atoms with Crippen LogP contribution in [0.5, 0.6) is 0 Å². The van der Waals surface area contributed by atoms with Gasteiger partial charge in [-0.2, -0.15) is 0 Å². The number of hydrogen-bond acceptors (Lipinski definition) is 4. The summed E-state index contributed by atoms with van der Waals surface area (Å²) in [7, 11) is -1.73. The number of aromatic carboxylic acids is 1. The number of carbonyl (C=O) groups is 1. The number of nitrogens with zero attached hydrogens (tertiary/aromatic N) is 1. The van der Waals surface area contributed by atoms with Crippen LogP contribution in [0.2, 0.25) is 5.02 Å². The molecule has 116 valence electrons. The highest BCUT2D eigenvalue weighted by Crippen LogP contribution is 2.21. The van der Waals surface area contributed by atoms with E-state index in [4.69, 9.17) is 16.7 Å². The van der Waals surface area contributed by atoms with Gasteiger partial charge in [-0.25, -0.2) is 17.9 Å². The second kappa shape index (κ2) is 6.31. The topological polar surface area (TPSA) is 86.7 Å². The Hall–Kier alpha value is -1.15. The van der Waals surface area contributed by atoms with Gasteiger partial charge in [-0.15, -0.1) is 0 Å². The van der Waals surface area contributed by atoms with E-state index in [9.17, 15) is 13.2 Å². The van der Waals surface area contributed by atoms with Crippen molar-refractivity contribution in [3.63, 3.8) is 0 Å². The Labute approximate surface area is 128 Å². The first-order chi connectivity index (χ1) is 9.81. The van der Waals surface area contributed by atoms with Gasteiger partial charge >= 0.3 is 5.97 Å². The Morgan fingerprint density at radius 1 is 1.52 bits per heavy atom. The summed E-state index contributed by atoms with van der Waals surface area (Å²) in [5, 5.41) is 8.79. The molecule has 6 nitrogen and oxygen atoms in total. The average Bonchev–Trinajstić information content (AvgIpc) is 2.81. The van der Waals surface area contributed by atoms with Crippen molar-refractivity contribution in [1.82, 2.24) is 9.62 Å². The zero-order valence-electron chi connectivity index (χ0n) is 11.5. The van der Waals surface area contributed by atoms with Crippen LogP contribution in [-0.2, 0) is 10.0 Å². The average molecular weight is 333 g/mol.